The Hall–Kier alpha value is -2.77. The summed E-state index contributed by atoms with van der Waals surface area (Å²) >= 11 is 5.95. The molecule has 7 nitrogen and oxygen atoms in total. The number of aromatic nitrogens is 1. The van der Waals surface area contributed by atoms with E-state index in [-0.39, 0.29) is 11.6 Å². The van der Waals surface area contributed by atoms with Crippen LogP contribution in [-0.4, -0.2) is 55.2 Å². The molecule has 1 aliphatic heterocycles. The Kier molecular flexibility index (Phi) is 5.64. The standard InChI is InChI=1S/C20H21ClN4O3/c21-15-3-5-16(6-4-15)25-11-9-24(10-12-25)8-7-22-20(26)17-14-19(28-23-17)18-2-1-13-27-18/h1-6,13-14H,7-12H2,(H,22,26). The Morgan fingerprint density at radius 1 is 1.11 bits per heavy atom. The molecule has 1 fully saturated rings. The fourth-order valence-corrected chi connectivity index (χ4v) is 3.34. The van der Waals surface area contributed by atoms with Crippen LogP contribution in [0.1, 0.15) is 10.5 Å². The van der Waals surface area contributed by atoms with E-state index in [1.54, 1.807) is 24.5 Å². The molecule has 8 heteroatoms. The van der Waals surface area contributed by atoms with Crippen molar-refractivity contribution < 1.29 is 13.7 Å². The van der Waals surface area contributed by atoms with Crippen molar-refractivity contribution in [2.24, 2.45) is 0 Å². The third kappa shape index (κ3) is 4.37. The number of nitrogens with one attached hydrogen (secondary N) is 1. The van der Waals surface area contributed by atoms with Gasteiger partial charge in [0.15, 0.2) is 11.5 Å². The van der Waals surface area contributed by atoms with Gasteiger partial charge in [-0.05, 0) is 36.4 Å². The van der Waals surface area contributed by atoms with Gasteiger partial charge < -0.3 is 19.2 Å². The minimum Gasteiger partial charge on any atom is -0.461 e. The van der Waals surface area contributed by atoms with Crippen LogP contribution in [0.4, 0.5) is 5.69 Å². The molecule has 1 saturated heterocycles. The highest BCUT2D eigenvalue weighted by Crippen LogP contribution is 2.21. The van der Waals surface area contributed by atoms with Crippen molar-refractivity contribution in [1.82, 2.24) is 15.4 Å². The predicted molar refractivity (Wildman–Crippen MR) is 107 cm³/mol. The highest BCUT2D eigenvalue weighted by molar-refractivity contribution is 6.30. The average Bonchev–Trinajstić information content (AvgIpc) is 3.41. The van der Waals surface area contributed by atoms with Crippen LogP contribution in [0.15, 0.2) is 57.7 Å². The summed E-state index contributed by atoms with van der Waals surface area (Å²) in [6, 6.07) is 13.0. The van der Waals surface area contributed by atoms with Crippen molar-refractivity contribution in [2.75, 3.05) is 44.2 Å². The first-order valence-electron chi connectivity index (χ1n) is 9.21. The van der Waals surface area contributed by atoms with Gasteiger partial charge in [-0.1, -0.05) is 16.8 Å². The number of rotatable bonds is 6. The first-order chi connectivity index (χ1) is 13.7. The maximum absolute atomic E-state index is 12.2. The number of carbonyl (C=O) groups is 1. The van der Waals surface area contributed by atoms with Gasteiger partial charge in [-0.3, -0.25) is 9.69 Å². The number of hydrogen-bond donors (Lipinski definition) is 1. The summed E-state index contributed by atoms with van der Waals surface area (Å²) in [6.45, 7) is 5.15. The maximum atomic E-state index is 12.2. The zero-order chi connectivity index (χ0) is 19.3. The minimum atomic E-state index is -0.249. The molecule has 0 bridgehead atoms. The molecular formula is C20H21ClN4O3. The lowest BCUT2D eigenvalue weighted by Gasteiger charge is -2.36. The van der Waals surface area contributed by atoms with Gasteiger partial charge in [-0.15, -0.1) is 0 Å². The molecule has 0 saturated carbocycles. The number of nitrogens with zero attached hydrogens (tertiary/aromatic N) is 3. The lowest BCUT2D eigenvalue weighted by molar-refractivity contribution is 0.0939. The first kappa shape index (κ1) is 18.6. The smallest absolute Gasteiger partial charge is 0.273 e. The van der Waals surface area contributed by atoms with Crippen molar-refractivity contribution in [3.8, 4) is 11.5 Å². The topological polar surface area (TPSA) is 74.8 Å². The number of hydrogen-bond acceptors (Lipinski definition) is 6. The first-order valence-corrected chi connectivity index (χ1v) is 9.58. The average molecular weight is 401 g/mol. The van der Waals surface area contributed by atoms with Crippen LogP contribution < -0.4 is 10.2 Å². The molecule has 1 aliphatic rings. The fraction of sp³-hybridized carbons (Fsp3) is 0.300. The number of anilines is 1. The molecule has 0 unspecified atom stereocenters. The Bertz CT molecular complexity index is 900. The van der Waals surface area contributed by atoms with Crippen molar-refractivity contribution in [1.29, 1.82) is 0 Å². The molecule has 0 spiro atoms. The second-order valence-corrected chi connectivity index (χ2v) is 7.05. The Balaban J connectivity index is 1.21. The van der Waals surface area contributed by atoms with E-state index in [2.05, 4.69) is 20.3 Å². The van der Waals surface area contributed by atoms with Crippen LogP contribution in [0.5, 0.6) is 0 Å². The number of furan rings is 1. The summed E-state index contributed by atoms with van der Waals surface area (Å²) in [5.74, 6) is 0.736. The lowest BCUT2D eigenvalue weighted by Crippen LogP contribution is -2.48. The molecule has 4 rings (SSSR count). The van der Waals surface area contributed by atoms with Crippen LogP contribution in [0.2, 0.25) is 5.02 Å². The Labute approximate surface area is 167 Å². The second-order valence-electron chi connectivity index (χ2n) is 6.61. The number of piperazine rings is 1. The minimum absolute atomic E-state index is 0.249. The molecule has 1 amide bonds. The van der Waals surface area contributed by atoms with E-state index in [0.29, 0.717) is 18.1 Å². The van der Waals surface area contributed by atoms with Crippen molar-refractivity contribution in [3.05, 3.63) is 59.4 Å². The van der Waals surface area contributed by atoms with Gasteiger partial charge in [0, 0.05) is 56.0 Å². The highest BCUT2D eigenvalue weighted by Gasteiger charge is 2.18. The van der Waals surface area contributed by atoms with E-state index in [1.807, 2.05) is 24.3 Å². The maximum Gasteiger partial charge on any atom is 0.273 e. The largest absolute Gasteiger partial charge is 0.461 e. The summed E-state index contributed by atoms with van der Waals surface area (Å²) in [5, 5.41) is 7.45. The van der Waals surface area contributed by atoms with Gasteiger partial charge in [-0.25, -0.2) is 0 Å². The number of carbonyl (C=O) groups excluding carboxylic acids is 1. The van der Waals surface area contributed by atoms with Gasteiger partial charge in [0.1, 0.15) is 0 Å². The molecule has 28 heavy (non-hydrogen) atoms. The molecule has 2 aromatic heterocycles. The normalized spacial score (nSPS) is 15.0. The Morgan fingerprint density at radius 3 is 2.61 bits per heavy atom. The van der Waals surface area contributed by atoms with Crippen LogP contribution in [-0.2, 0) is 0 Å². The summed E-state index contributed by atoms with van der Waals surface area (Å²) in [6.07, 6.45) is 1.55. The molecule has 146 valence electrons. The van der Waals surface area contributed by atoms with Gasteiger partial charge >= 0.3 is 0 Å². The van der Waals surface area contributed by atoms with E-state index >= 15 is 0 Å². The van der Waals surface area contributed by atoms with Crippen LogP contribution in [0.25, 0.3) is 11.5 Å². The van der Waals surface area contributed by atoms with Crippen molar-refractivity contribution >= 4 is 23.2 Å². The molecular weight excluding hydrogens is 380 g/mol. The summed E-state index contributed by atoms with van der Waals surface area (Å²) in [5.41, 5.74) is 1.44. The molecule has 3 aromatic rings. The molecule has 0 aliphatic carbocycles. The highest BCUT2D eigenvalue weighted by atomic mass is 35.5. The summed E-state index contributed by atoms with van der Waals surface area (Å²) < 4.78 is 10.4. The van der Waals surface area contributed by atoms with Gasteiger partial charge in [0.2, 0.25) is 5.76 Å². The summed E-state index contributed by atoms with van der Waals surface area (Å²) in [4.78, 5) is 16.9. The van der Waals surface area contributed by atoms with E-state index in [9.17, 15) is 4.79 Å². The van der Waals surface area contributed by atoms with E-state index in [1.165, 1.54) is 5.69 Å². The molecule has 1 N–H and O–H groups in total. The van der Waals surface area contributed by atoms with E-state index in [4.69, 9.17) is 20.5 Å². The van der Waals surface area contributed by atoms with Crippen molar-refractivity contribution in [3.63, 3.8) is 0 Å². The van der Waals surface area contributed by atoms with Crippen molar-refractivity contribution in [2.45, 2.75) is 0 Å². The zero-order valence-corrected chi connectivity index (χ0v) is 16.1. The number of halogens is 1. The molecule has 1 aromatic carbocycles. The third-order valence-corrected chi connectivity index (χ3v) is 5.04. The van der Waals surface area contributed by atoms with Crippen LogP contribution >= 0.6 is 11.6 Å². The fourth-order valence-electron chi connectivity index (χ4n) is 3.22. The zero-order valence-electron chi connectivity index (χ0n) is 15.3. The van der Waals surface area contributed by atoms with Crippen LogP contribution in [0.3, 0.4) is 0 Å². The Morgan fingerprint density at radius 2 is 1.89 bits per heavy atom. The molecule has 0 radical (unpaired) electrons. The number of amides is 1. The monoisotopic (exact) mass is 400 g/mol. The van der Waals surface area contributed by atoms with E-state index in [0.717, 1.165) is 37.7 Å². The van der Waals surface area contributed by atoms with Gasteiger partial charge in [0.25, 0.3) is 5.91 Å². The quantitative estimate of drug-likeness (QED) is 0.685. The SMILES string of the molecule is O=C(NCCN1CCN(c2ccc(Cl)cc2)CC1)c1cc(-c2ccco2)on1. The predicted octanol–water partition coefficient (Wildman–Crippen LogP) is 3.14. The summed E-state index contributed by atoms with van der Waals surface area (Å²) in [7, 11) is 0. The molecule has 3 heterocycles. The lowest BCUT2D eigenvalue weighted by atomic mass is 10.2. The van der Waals surface area contributed by atoms with Gasteiger partial charge in [-0.2, -0.15) is 0 Å². The van der Waals surface area contributed by atoms with Crippen LogP contribution in [0, 0.1) is 0 Å². The van der Waals surface area contributed by atoms with E-state index < -0.39 is 0 Å². The third-order valence-electron chi connectivity index (χ3n) is 4.78. The van der Waals surface area contributed by atoms with Gasteiger partial charge in [0.05, 0.1) is 6.26 Å². The molecule has 0 atom stereocenters. The second kappa shape index (κ2) is 8.50. The number of benzene rings is 1.